The summed E-state index contributed by atoms with van der Waals surface area (Å²) in [5.41, 5.74) is 5.86. The smallest absolute Gasteiger partial charge is 0.270 e. The highest BCUT2D eigenvalue weighted by Gasteiger charge is 2.18. The number of anilines is 1. The highest BCUT2D eigenvalue weighted by Crippen LogP contribution is 2.03. The molecule has 0 aromatic carbocycles. The summed E-state index contributed by atoms with van der Waals surface area (Å²) in [6.07, 6.45) is 0.0359. The summed E-state index contributed by atoms with van der Waals surface area (Å²) < 4.78 is 5.56. The number of amides is 1. The number of nitrogen functional groups attached to an aromatic ring is 1. The molecule has 1 fully saturated rings. The fraction of sp³-hybridized carbons (Fsp3) is 0.500. The molecule has 3 N–H and O–H groups in total. The van der Waals surface area contributed by atoms with Crippen LogP contribution < -0.4 is 11.1 Å². The van der Waals surface area contributed by atoms with Crippen LogP contribution in [-0.4, -0.2) is 55.2 Å². The van der Waals surface area contributed by atoms with Crippen LogP contribution in [0.1, 0.15) is 10.5 Å². The molecule has 1 aliphatic rings. The first kappa shape index (κ1) is 12.8. The molecule has 2 heterocycles. The average Bonchev–Trinajstić information content (AvgIpc) is 2.36. The number of aromatic nitrogens is 1. The van der Waals surface area contributed by atoms with Gasteiger partial charge in [-0.3, -0.25) is 4.79 Å². The van der Waals surface area contributed by atoms with E-state index in [-0.39, 0.29) is 12.0 Å². The number of carbonyl (C=O) groups is 1. The number of likely N-dealkylation sites (N-methyl/N-ethyl adjacent to an activating group) is 1. The van der Waals surface area contributed by atoms with Crippen LogP contribution in [0.5, 0.6) is 0 Å². The Kier molecular flexibility index (Phi) is 4.11. The van der Waals surface area contributed by atoms with Crippen LogP contribution in [-0.2, 0) is 4.74 Å². The van der Waals surface area contributed by atoms with E-state index in [0.29, 0.717) is 24.7 Å². The maximum absolute atomic E-state index is 11.8. The molecule has 18 heavy (non-hydrogen) atoms. The number of nitrogens with zero attached hydrogens (tertiary/aromatic N) is 2. The van der Waals surface area contributed by atoms with Gasteiger partial charge in [-0.25, -0.2) is 4.98 Å². The van der Waals surface area contributed by atoms with E-state index < -0.39 is 0 Å². The molecule has 0 radical (unpaired) electrons. The summed E-state index contributed by atoms with van der Waals surface area (Å²) in [6, 6.07) is 5.00. The SMILES string of the molecule is CN1CCOC(CNC(=O)c2cccc(N)n2)C1. The Morgan fingerprint density at radius 1 is 1.67 bits per heavy atom. The molecule has 98 valence electrons. The van der Waals surface area contributed by atoms with E-state index in [1.807, 2.05) is 7.05 Å². The predicted octanol–water partition coefficient (Wildman–Crippen LogP) is -0.276. The maximum Gasteiger partial charge on any atom is 0.270 e. The molecule has 6 heteroatoms. The molecule has 1 unspecified atom stereocenters. The van der Waals surface area contributed by atoms with Crippen LogP contribution in [0.2, 0.25) is 0 Å². The highest BCUT2D eigenvalue weighted by atomic mass is 16.5. The van der Waals surface area contributed by atoms with Gasteiger partial charge in [-0.1, -0.05) is 6.07 Å². The maximum atomic E-state index is 11.8. The van der Waals surface area contributed by atoms with Gasteiger partial charge in [-0.15, -0.1) is 0 Å². The van der Waals surface area contributed by atoms with Crippen molar-refractivity contribution in [2.24, 2.45) is 0 Å². The number of nitrogens with two attached hydrogens (primary N) is 1. The lowest BCUT2D eigenvalue weighted by molar-refractivity contribution is -0.0175. The molecule has 2 rings (SSSR count). The molecule has 1 aromatic rings. The minimum absolute atomic E-state index is 0.0359. The molecule has 1 saturated heterocycles. The Morgan fingerprint density at radius 3 is 3.22 bits per heavy atom. The van der Waals surface area contributed by atoms with E-state index in [4.69, 9.17) is 10.5 Å². The largest absolute Gasteiger partial charge is 0.384 e. The topological polar surface area (TPSA) is 80.5 Å². The quantitative estimate of drug-likeness (QED) is 0.771. The molecular weight excluding hydrogens is 232 g/mol. The summed E-state index contributed by atoms with van der Waals surface area (Å²) in [6.45, 7) is 2.94. The molecule has 0 spiro atoms. The highest BCUT2D eigenvalue weighted by molar-refractivity contribution is 5.92. The van der Waals surface area contributed by atoms with Crippen LogP contribution in [0.15, 0.2) is 18.2 Å². The van der Waals surface area contributed by atoms with Gasteiger partial charge in [-0.05, 0) is 19.2 Å². The van der Waals surface area contributed by atoms with Crippen LogP contribution in [0, 0.1) is 0 Å². The first-order valence-corrected chi connectivity index (χ1v) is 5.96. The summed E-state index contributed by atoms with van der Waals surface area (Å²) in [7, 11) is 2.04. The Balaban J connectivity index is 1.84. The molecule has 1 aliphatic heterocycles. The number of hydrogen-bond donors (Lipinski definition) is 2. The summed E-state index contributed by atoms with van der Waals surface area (Å²) in [5, 5.41) is 2.81. The van der Waals surface area contributed by atoms with Crippen molar-refractivity contribution in [2.75, 3.05) is 39.0 Å². The Hall–Kier alpha value is -1.66. The van der Waals surface area contributed by atoms with Crippen molar-refractivity contribution < 1.29 is 9.53 Å². The number of ether oxygens (including phenoxy) is 1. The van der Waals surface area contributed by atoms with E-state index in [1.165, 1.54) is 0 Å². The average molecular weight is 250 g/mol. The van der Waals surface area contributed by atoms with Crippen molar-refractivity contribution >= 4 is 11.7 Å². The van der Waals surface area contributed by atoms with Crippen molar-refractivity contribution in [3.8, 4) is 0 Å². The van der Waals surface area contributed by atoms with Gasteiger partial charge in [0.1, 0.15) is 11.5 Å². The zero-order valence-corrected chi connectivity index (χ0v) is 10.4. The van der Waals surface area contributed by atoms with Crippen LogP contribution in [0.25, 0.3) is 0 Å². The first-order chi connectivity index (χ1) is 8.65. The lowest BCUT2D eigenvalue weighted by Crippen LogP contribution is -2.46. The molecule has 1 amide bonds. The lowest BCUT2D eigenvalue weighted by atomic mass is 10.2. The summed E-state index contributed by atoms with van der Waals surface area (Å²) in [5.74, 6) is 0.121. The number of nitrogens with one attached hydrogen (secondary N) is 1. The van der Waals surface area contributed by atoms with Crippen LogP contribution in [0.4, 0.5) is 5.82 Å². The minimum Gasteiger partial charge on any atom is -0.384 e. The number of pyridine rings is 1. The molecule has 6 nitrogen and oxygen atoms in total. The third-order valence-electron chi connectivity index (χ3n) is 2.84. The zero-order chi connectivity index (χ0) is 13.0. The molecule has 0 saturated carbocycles. The van der Waals surface area contributed by atoms with Gasteiger partial charge in [0.2, 0.25) is 0 Å². The minimum atomic E-state index is -0.223. The molecule has 0 aliphatic carbocycles. The lowest BCUT2D eigenvalue weighted by Gasteiger charge is -2.30. The monoisotopic (exact) mass is 250 g/mol. The van der Waals surface area contributed by atoms with E-state index in [9.17, 15) is 4.79 Å². The van der Waals surface area contributed by atoms with E-state index >= 15 is 0 Å². The van der Waals surface area contributed by atoms with Gasteiger partial charge < -0.3 is 20.7 Å². The summed E-state index contributed by atoms with van der Waals surface area (Å²) in [4.78, 5) is 18.0. The van der Waals surface area contributed by atoms with E-state index in [2.05, 4.69) is 15.2 Å². The van der Waals surface area contributed by atoms with E-state index in [1.54, 1.807) is 18.2 Å². The number of morpholine rings is 1. The second kappa shape index (κ2) is 5.79. The molecule has 1 atom stereocenters. The third-order valence-corrected chi connectivity index (χ3v) is 2.84. The molecule has 1 aromatic heterocycles. The van der Waals surface area contributed by atoms with Gasteiger partial charge in [0.05, 0.1) is 12.7 Å². The molecule has 0 bridgehead atoms. The fourth-order valence-electron chi connectivity index (χ4n) is 1.87. The Labute approximate surface area is 106 Å². The number of rotatable bonds is 3. The van der Waals surface area contributed by atoms with Crippen molar-refractivity contribution in [3.05, 3.63) is 23.9 Å². The third kappa shape index (κ3) is 3.41. The van der Waals surface area contributed by atoms with Gasteiger partial charge in [0.15, 0.2) is 0 Å². The number of carbonyl (C=O) groups excluding carboxylic acids is 1. The fourth-order valence-corrected chi connectivity index (χ4v) is 1.87. The predicted molar refractivity (Wildman–Crippen MR) is 68.2 cm³/mol. The standard InChI is InChI=1S/C12H18N4O2/c1-16-5-6-18-9(8-16)7-14-12(17)10-3-2-4-11(13)15-10/h2-4,9H,5-8H2,1H3,(H2,13,15)(H,14,17). The van der Waals surface area contributed by atoms with Crippen LogP contribution in [0.3, 0.4) is 0 Å². The van der Waals surface area contributed by atoms with Crippen molar-refractivity contribution in [1.82, 2.24) is 15.2 Å². The van der Waals surface area contributed by atoms with Crippen molar-refractivity contribution in [1.29, 1.82) is 0 Å². The number of hydrogen-bond acceptors (Lipinski definition) is 5. The van der Waals surface area contributed by atoms with Crippen LogP contribution >= 0.6 is 0 Å². The van der Waals surface area contributed by atoms with Crippen molar-refractivity contribution in [3.63, 3.8) is 0 Å². The second-order valence-electron chi connectivity index (χ2n) is 4.41. The normalized spacial score (nSPS) is 20.6. The van der Waals surface area contributed by atoms with E-state index in [0.717, 1.165) is 13.1 Å². The van der Waals surface area contributed by atoms with Crippen molar-refractivity contribution in [2.45, 2.75) is 6.10 Å². The zero-order valence-electron chi connectivity index (χ0n) is 10.4. The Morgan fingerprint density at radius 2 is 2.50 bits per heavy atom. The van der Waals surface area contributed by atoms with Gasteiger partial charge in [0.25, 0.3) is 5.91 Å². The first-order valence-electron chi connectivity index (χ1n) is 5.96. The van der Waals surface area contributed by atoms with Gasteiger partial charge in [0, 0.05) is 19.6 Å². The summed E-state index contributed by atoms with van der Waals surface area (Å²) >= 11 is 0. The second-order valence-corrected chi connectivity index (χ2v) is 4.41. The molecular formula is C12H18N4O2. The van der Waals surface area contributed by atoms with Gasteiger partial charge in [-0.2, -0.15) is 0 Å². The Bertz CT molecular complexity index is 424. The van der Waals surface area contributed by atoms with Gasteiger partial charge >= 0.3 is 0 Å².